The Labute approximate surface area is 133 Å². The highest BCUT2D eigenvalue weighted by atomic mass is 16.3. The molecule has 0 aliphatic carbocycles. The molecular formula is C18H28N2O2. The van der Waals surface area contributed by atoms with Gasteiger partial charge in [0.25, 0.3) is 0 Å². The Balaban J connectivity index is 2.03. The van der Waals surface area contributed by atoms with Crippen LogP contribution in [0.4, 0.5) is 11.4 Å². The van der Waals surface area contributed by atoms with E-state index in [4.69, 9.17) is 0 Å². The average Bonchev–Trinajstić information content (AvgIpc) is 2.48. The molecule has 4 nitrogen and oxygen atoms in total. The summed E-state index contributed by atoms with van der Waals surface area (Å²) in [6.45, 7) is 8.06. The van der Waals surface area contributed by atoms with Crippen LogP contribution in [0.5, 0.6) is 0 Å². The maximum atomic E-state index is 12.2. The second-order valence-corrected chi connectivity index (χ2v) is 6.71. The summed E-state index contributed by atoms with van der Waals surface area (Å²) in [5, 5.41) is 12.7. The zero-order valence-electron chi connectivity index (χ0n) is 13.9. The van der Waals surface area contributed by atoms with Crippen LogP contribution in [0.25, 0.3) is 0 Å². The van der Waals surface area contributed by atoms with Gasteiger partial charge in [0.1, 0.15) is 0 Å². The third-order valence-corrected chi connectivity index (χ3v) is 4.63. The van der Waals surface area contributed by atoms with Crippen molar-refractivity contribution in [3.8, 4) is 0 Å². The van der Waals surface area contributed by atoms with E-state index in [9.17, 15) is 9.90 Å². The Morgan fingerprint density at radius 3 is 2.55 bits per heavy atom. The number of nitrogens with zero attached hydrogens (tertiary/aromatic N) is 1. The highest BCUT2D eigenvalue weighted by Crippen LogP contribution is 2.28. The molecule has 1 aliphatic heterocycles. The molecule has 1 aliphatic rings. The minimum Gasteiger partial charge on any atom is -0.393 e. The number of amides is 1. The number of benzene rings is 1. The Hall–Kier alpha value is -1.55. The molecule has 1 amide bonds. The van der Waals surface area contributed by atoms with Gasteiger partial charge < -0.3 is 15.3 Å². The summed E-state index contributed by atoms with van der Waals surface area (Å²) in [6.07, 6.45) is 1.93. The number of anilines is 2. The molecule has 4 heteroatoms. The van der Waals surface area contributed by atoms with Gasteiger partial charge in [-0.1, -0.05) is 32.9 Å². The maximum Gasteiger partial charge on any atom is 0.224 e. The molecule has 1 atom stereocenters. The first-order chi connectivity index (χ1) is 10.5. The van der Waals surface area contributed by atoms with Crippen molar-refractivity contribution in [2.45, 2.75) is 46.1 Å². The van der Waals surface area contributed by atoms with E-state index >= 15 is 0 Å². The lowest BCUT2D eigenvalue weighted by Crippen LogP contribution is -2.36. The lowest BCUT2D eigenvalue weighted by molar-refractivity contribution is -0.117. The standard InChI is InChI=1S/C18H28N2O2/c1-13(2)14(3)12-18(22)19-16-6-4-5-7-17(16)20-10-8-15(21)9-11-20/h4-7,13-15,21H,8-12H2,1-3H3,(H,19,22). The molecule has 0 spiro atoms. The van der Waals surface area contributed by atoms with Crippen molar-refractivity contribution in [2.75, 3.05) is 23.3 Å². The van der Waals surface area contributed by atoms with Gasteiger partial charge in [-0.05, 0) is 36.8 Å². The van der Waals surface area contributed by atoms with Crippen molar-refractivity contribution in [3.05, 3.63) is 24.3 Å². The molecule has 0 radical (unpaired) electrons. The first-order valence-electron chi connectivity index (χ1n) is 8.29. The van der Waals surface area contributed by atoms with Crippen LogP contribution in [0.1, 0.15) is 40.0 Å². The Morgan fingerprint density at radius 1 is 1.27 bits per heavy atom. The number of aliphatic hydroxyl groups is 1. The zero-order valence-corrected chi connectivity index (χ0v) is 13.9. The fourth-order valence-electron chi connectivity index (χ4n) is 2.69. The fourth-order valence-corrected chi connectivity index (χ4v) is 2.69. The van der Waals surface area contributed by atoms with Gasteiger partial charge in [0, 0.05) is 19.5 Å². The topological polar surface area (TPSA) is 52.6 Å². The number of nitrogens with one attached hydrogen (secondary N) is 1. The van der Waals surface area contributed by atoms with Crippen LogP contribution in [-0.4, -0.2) is 30.2 Å². The Morgan fingerprint density at radius 2 is 1.91 bits per heavy atom. The summed E-state index contributed by atoms with van der Waals surface area (Å²) < 4.78 is 0. The number of hydrogen-bond acceptors (Lipinski definition) is 3. The lowest BCUT2D eigenvalue weighted by atomic mass is 9.94. The molecule has 1 heterocycles. The van der Waals surface area contributed by atoms with E-state index in [-0.39, 0.29) is 12.0 Å². The molecule has 1 unspecified atom stereocenters. The van der Waals surface area contributed by atoms with E-state index in [1.165, 1.54) is 0 Å². The number of rotatable bonds is 5. The molecular weight excluding hydrogens is 276 g/mol. The van der Waals surface area contributed by atoms with Gasteiger partial charge in [-0.25, -0.2) is 0 Å². The zero-order chi connectivity index (χ0) is 16.1. The van der Waals surface area contributed by atoms with Gasteiger partial charge in [0.15, 0.2) is 0 Å². The summed E-state index contributed by atoms with van der Waals surface area (Å²) in [7, 11) is 0. The number of carbonyl (C=O) groups is 1. The summed E-state index contributed by atoms with van der Waals surface area (Å²) in [6, 6.07) is 7.94. The summed E-state index contributed by atoms with van der Waals surface area (Å²) >= 11 is 0. The van der Waals surface area contributed by atoms with Crippen molar-refractivity contribution >= 4 is 17.3 Å². The largest absolute Gasteiger partial charge is 0.393 e. The molecule has 2 rings (SSSR count). The number of carbonyl (C=O) groups excluding carboxylic acids is 1. The molecule has 1 aromatic rings. The molecule has 0 saturated carbocycles. The molecule has 1 aromatic carbocycles. The van der Waals surface area contributed by atoms with Crippen LogP contribution in [0.15, 0.2) is 24.3 Å². The average molecular weight is 304 g/mol. The highest BCUT2D eigenvalue weighted by Gasteiger charge is 2.20. The monoisotopic (exact) mass is 304 g/mol. The third-order valence-electron chi connectivity index (χ3n) is 4.63. The van der Waals surface area contributed by atoms with Crippen molar-refractivity contribution in [1.82, 2.24) is 0 Å². The third kappa shape index (κ3) is 4.47. The van der Waals surface area contributed by atoms with Gasteiger partial charge in [-0.2, -0.15) is 0 Å². The molecule has 0 bridgehead atoms. The van der Waals surface area contributed by atoms with Gasteiger partial charge in [0.2, 0.25) is 5.91 Å². The van der Waals surface area contributed by atoms with Crippen molar-refractivity contribution in [3.63, 3.8) is 0 Å². The quantitative estimate of drug-likeness (QED) is 0.878. The predicted octanol–water partition coefficient (Wildman–Crippen LogP) is 3.27. The summed E-state index contributed by atoms with van der Waals surface area (Å²) in [5.41, 5.74) is 1.93. The summed E-state index contributed by atoms with van der Waals surface area (Å²) in [5.74, 6) is 0.951. The number of aliphatic hydroxyl groups excluding tert-OH is 1. The molecule has 1 fully saturated rings. The summed E-state index contributed by atoms with van der Waals surface area (Å²) in [4.78, 5) is 14.5. The molecule has 0 aromatic heterocycles. The minimum absolute atomic E-state index is 0.0747. The van der Waals surface area contributed by atoms with Gasteiger partial charge in [-0.3, -0.25) is 4.79 Å². The van der Waals surface area contributed by atoms with E-state index in [1.807, 2.05) is 24.3 Å². The van der Waals surface area contributed by atoms with Crippen molar-refractivity contribution in [2.24, 2.45) is 11.8 Å². The highest BCUT2D eigenvalue weighted by molar-refractivity contribution is 5.94. The Bertz CT molecular complexity index is 494. The molecule has 22 heavy (non-hydrogen) atoms. The first kappa shape index (κ1) is 16.8. The van der Waals surface area contributed by atoms with E-state index in [2.05, 4.69) is 31.0 Å². The van der Waals surface area contributed by atoms with Crippen LogP contribution in [0.3, 0.4) is 0 Å². The van der Waals surface area contributed by atoms with Crippen molar-refractivity contribution in [1.29, 1.82) is 0 Å². The second-order valence-electron chi connectivity index (χ2n) is 6.71. The van der Waals surface area contributed by atoms with E-state index in [0.717, 1.165) is 37.3 Å². The van der Waals surface area contributed by atoms with Gasteiger partial charge in [0.05, 0.1) is 17.5 Å². The lowest BCUT2D eigenvalue weighted by Gasteiger charge is -2.32. The number of hydrogen-bond donors (Lipinski definition) is 2. The number of piperidine rings is 1. The fraction of sp³-hybridized carbons (Fsp3) is 0.611. The van der Waals surface area contributed by atoms with Crippen LogP contribution >= 0.6 is 0 Å². The minimum atomic E-state index is -0.190. The van der Waals surface area contributed by atoms with E-state index in [0.29, 0.717) is 18.3 Å². The molecule has 2 N–H and O–H groups in total. The second kappa shape index (κ2) is 7.63. The van der Waals surface area contributed by atoms with Crippen LogP contribution in [0, 0.1) is 11.8 Å². The van der Waals surface area contributed by atoms with Gasteiger partial charge >= 0.3 is 0 Å². The first-order valence-corrected chi connectivity index (χ1v) is 8.29. The van der Waals surface area contributed by atoms with E-state index in [1.54, 1.807) is 0 Å². The smallest absolute Gasteiger partial charge is 0.224 e. The van der Waals surface area contributed by atoms with Gasteiger partial charge in [-0.15, -0.1) is 0 Å². The van der Waals surface area contributed by atoms with Crippen LogP contribution < -0.4 is 10.2 Å². The molecule has 1 saturated heterocycles. The SMILES string of the molecule is CC(C)C(C)CC(=O)Nc1ccccc1N1CCC(O)CC1. The van der Waals surface area contributed by atoms with E-state index < -0.39 is 0 Å². The molecule has 122 valence electrons. The normalized spacial score (nSPS) is 17.6. The maximum absolute atomic E-state index is 12.2. The number of para-hydroxylation sites is 2. The van der Waals surface area contributed by atoms with Crippen LogP contribution in [0.2, 0.25) is 0 Å². The Kier molecular flexibility index (Phi) is 5.83. The van der Waals surface area contributed by atoms with Crippen molar-refractivity contribution < 1.29 is 9.90 Å². The van der Waals surface area contributed by atoms with Crippen LogP contribution in [-0.2, 0) is 4.79 Å². The predicted molar refractivity (Wildman–Crippen MR) is 91.1 cm³/mol.